The minimum absolute atomic E-state index is 0.220. The average Bonchev–Trinajstić information content (AvgIpc) is 2.38. The maximum absolute atomic E-state index is 12.1. The Morgan fingerprint density at radius 3 is 2.67 bits per heavy atom. The first-order valence-electron chi connectivity index (χ1n) is 6.61. The molecule has 0 aromatic heterocycles. The van der Waals surface area contributed by atoms with Crippen LogP contribution < -0.4 is 0 Å². The molecule has 1 atom stereocenters. The molecule has 3 heteroatoms. The minimum atomic E-state index is 0.220. The molecule has 1 rings (SSSR count). The first kappa shape index (κ1) is 15.4. The fourth-order valence-corrected chi connectivity index (χ4v) is 2.40. The van der Waals surface area contributed by atoms with Gasteiger partial charge in [-0.05, 0) is 32.0 Å². The molecule has 0 amide bonds. The molecule has 100 valence electrons. The Kier molecular flexibility index (Phi) is 6.58. The van der Waals surface area contributed by atoms with Crippen molar-refractivity contribution in [3.8, 4) is 0 Å². The number of ketones is 1. The summed E-state index contributed by atoms with van der Waals surface area (Å²) in [5, 5.41) is 0. The molecule has 0 fully saturated rings. The van der Waals surface area contributed by atoms with E-state index in [9.17, 15) is 4.79 Å². The van der Waals surface area contributed by atoms with Gasteiger partial charge in [-0.3, -0.25) is 4.79 Å². The van der Waals surface area contributed by atoms with Gasteiger partial charge >= 0.3 is 0 Å². The van der Waals surface area contributed by atoms with Crippen LogP contribution in [0.2, 0.25) is 0 Å². The summed E-state index contributed by atoms with van der Waals surface area (Å²) in [5.74, 6) is 0.220. The second-order valence-electron chi connectivity index (χ2n) is 4.57. The lowest BCUT2D eigenvalue weighted by molar-refractivity contribution is 0.0954. The fourth-order valence-electron chi connectivity index (χ4n) is 2.00. The Bertz CT molecular complexity index is 392. The summed E-state index contributed by atoms with van der Waals surface area (Å²) in [7, 11) is 0. The van der Waals surface area contributed by atoms with Gasteiger partial charge in [0.05, 0.1) is 0 Å². The number of carbonyl (C=O) groups is 1. The fraction of sp³-hybridized carbons (Fsp3) is 0.533. The Morgan fingerprint density at radius 1 is 1.39 bits per heavy atom. The largest absolute Gasteiger partial charge is 0.300 e. The highest BCUT2D eigenvalue weighted by molar-refractivity contribution is 9.10. The molecule has 2 nitrogen and oxygen atoms in total. The molecular formula is C15H22BrNO. The van der Waals surface area contributed by atoms with Gasteiger partial charge in [0.15, 0.2) is 5.78 Å². The van der Waals surface area contributed by atoms with Crippen LogP contribution >= 0.6 is 15.9 Å². The predicted octanol–water partition coefficient (Wildman–Crippen LogP) is 4.14. The summed E-state index contributed by atoms with van der Waals surface area (Å²) >= 11 is 3.40. The van der Waals surface area contributed by atoms with Gasteiger partial charge in [-0.15, -0.1) is 0 Å². The van der Waals surface area contributed by atoms with Gasteiger partial charge in [-0.2, -0.15) is 0 Å². The van der Waals surface area contributed by atoms with Crippen LogP contribution in [0, 0.1) is 0 Å². The normalized spacial score (nSPS) is 12.7. The van der Waals surface area contributed by atoms with E-state index in [-0.39, 0.29) is 5.78 Å². The number of benzene rings is 1. The first-order chi connectivity index (χ1) is 8.58. The average molecular weight is 312 g/mol. The topological polar surface area (TPSA) is 20.3 Å². The van der Waals surface area contributed by atoms with Gasteiger partial charge in [0.25, 0.3) is 0 Å². The lowest BCUT2D eigenvalue weighted by Crippen LogP contribution is -2.34. The van der Waals surface area contributed by atoms with Gasteiger partial charge in [0.1, 0.15) is 0 Å². The van der Waals surface area contributed by atoms with E-state index in [1.54, 1.807) is 0 Å². The Labute approximate surface area is 119 Å². The molecule has 0 aliphatic heterocycles. The van der Waals surface area contributed by atoms with E-state index in [1.807, 2.05) is 24.3 Å². The maximum atomic E-state index is 12.1. The van der Waals surface area contributed by atoms with E-state index in [0.717, 1.165) is 29.5 Å². The lowest BCUT2D eigenvalue weighted by atomic mass is 10.1. The van der Waals surface area contributed by atoms with Crippen LogP contribution in [-0.2, 0) is 0 Å². The number of halogens is 1. The number of nitrogens with zero attached hydrogens (tertiary/aromatic N) is 1. The summed E-state index contributed by atoms with van der Waals surface area (Å²) in [6, 6.07) is 8.16. The molecular weight excluding hydrogens is 290 g/mol. The second kappa shape index (κ2) is 7.70. The molecule has 0 aliphatic rings. The number of hydrogen-bond donors (Lipinski definition) is 0. The number of hydrogen-bond acceptors (Lipinski definition) is 2. The van der Waals surface area contributed by atoms with Crippen molar-refractivity contribution in [3.05, 3.63) is 34.3 Å². The second-order valence-corrected chi connectivity index (χ2v) is 5.49. The molecule has 1 aromatic carbocycles. The number of carbonyl (C=O) groups excluding carboxylic acids is 1. The Balaban J connectivity index is 2.55. The summed E-state index contributed by atoms with van der Waals surface area (Å²) in [6.07, 6.45) is 1.72. The van der Waals surface area contributed by atoms with Crippen molar-refractivity contribution in [1.82, 2.24) is 4.90 Å². The molecule has 18 heavy (non-hydrogen) atoms. The smallest absolute Gasteiger partial charge is 0.164 e. The molecule has 0 heterocycles. The summed E-state index contributed by atoms with van der Waals surface area (Å²) in [4.78, 5) is 14.4. The zero-order valence-electron chi connectivity index (χ0n) is 11.4. The summed E-state index contributed by atoms with van der Waals surface area (Å²) < 4.78 is 0.961. The van der Waals surface area contributed by atoms with E-state index in [4.69, 9.17) is 0 Å². The van der Waals surface area contributed by atoms with Crippen LogP contribution in [0.25, 0.3) is 0 Å². The standard InChI is InChI=1S/C15H22BrNO/c1-4-12(3)17(5-2)10-9-15(18)13-7-6-8-14(16)11-13/h6-8,11-12H,4-5,9-10H2,1-3H3. The van der Waals surface area contributed by atoms with Crippen molar-refractivity contribution in [2.75, 3.05) is 13.1 Å². The quantitative estimate of drug-likeness (QED) is 0.705. The summed E-state index contributed by atoms with van der Waals surface area (Å²) in [5.41, 5.74) is 0.796. The molecule has 0 N–H and O–H groups in total. The highest BCUT2D eigenvalue weighted by Gasteiger charge is 2.13. The predicted molar refractivity (Wildman–Crippen MR) is 80.1 cm³/mol. The molecule has 0 saturated heterocycles. The first-order valence-corrected chi connectivity index (χ1v) is 7.40. The van der Waals surface area contributed by atoms with Crippen LogP contribution in [0.4, 0.5) is 0 Å². The highest BCUT2D eigenvalue weighted by atomic mass is 79.9. The molecule has 0 aliphatic carbocycles. The monoisotopic (exact) mass is 311 g/mol. The van der Waals surface area contributed by atoms with Crippen LogP contribution in [0.3, 0.4) is 0 Å². The highest BCUT2D eigenvalue weighted by Crippen LogP contribution is 2.14. The van der Waals surface area contributed by atoms with Crippen molar-refractivity contribution in [2.24, 2.45) is 0 Å². The summed E-state index contributed by atoms with van der Waals surface area (Å²) in [6.45, 7) is 8.39. The van der Waals surface area contributed by atoms with E-state index in [1.165, 1.54) is 0 Å². The van der Waals surface area contributed by atoms with Crippen molar-refractivity contribution in [1.29, 1.82) is 0 Å². The van der Waals surface area contributed by atoms with Crippen molar-refractivity contribution >= 4 is 21.7 Å². The van der Waals surface area contributed by atoms with E-state index < -0.39 is 0 Å². The molecule has 0 radical (unpaired) electrons. The molecule has 0 saturated carbocycles. The third-order valence-electron chi connectivity index (χ3n) is 3.39. The van der Waals surface area contributed by atoms with E-state index in [0.29, 0.717) is 12.5 Å². The molecule has 1 aromatic rings. The maximum Gasteiger partial charge on any atom is 0.164 e. The van der Waals surface area contributed by atoms with Gasteiger partial charge in [0.2, 0.25) is 0 Å². The zero-order valence-corrected chi connectivity index (χ0v) is 13.0. The Hall–Kier alpha value is -0.670. The van der Waals surface area contributed by atoms with Gasteiger partial charge in [-0.25, -0.2) is 0 Å². The number of Topliss-reactive ketones (excluding diaryl/α,β-unsaturated/α-hetero) is 1. The molecule has 0 spiro atoms. The van der Waals surface area contributed by atoms with Crippen LogP contribution in [0.5, 0.6) is 0 Å². The third kappa shape index (κ3) is 4.54. The van der Waals surface area contributed by atoms with Crippen molar-refractivity contribution in [3.63, 3.8) is 0 Å². The minimum Gasteiger partial charge on any atom is -0.300 e. The molecule has 1 unspecified atom stereocenters. The van der Waals surface area contributed by atoms with Gasteiger partial charge < -0.3 is 4.90 Å². The zero-order chi connectivity index (χ0) is 13.5. The van der Waals surface area contributed by atoms with Crippen LogP contribution in [-0.4, -0.2) is 29.8 Å². The molecule has 0 bridgehead atoms. The van der Waals surface area contributed by atoms with E-state index in [2.05, 4.69) is 41.6 Å². The third-order valence-corrected chi connectivity index (χ3v) is 3.89. The van der Waals surface area contributed by atoms with Gasteiger partial charge in [0, 0.05) is 29.0 Å². The van der Waals surface area contributed by atoms with Gasteiger partial charge in [-0.1, -0.05) is 41.9 Å². The van der Waals surface area contributed by atoms with Crippen LogP contribution in [0.1, 0.15) is 44.0 Å². The lowest BCUT2D eigenvalue weighted by Gasteiger charge is -2.26. The Morgan fingerprint density at radius 2 is 2.11 bits per heavy atom. The SMILES string of the molecule is CCC(C)N(CC)CCC(=O)c1cccc(Br)c1. The number of rotatable bonds is 7. The van der Waals surface area contributed by atoms with Crippen LogP contribution in [0.15, 0.2) is 28.7 Å². The van der Waals surface area contributed by atoms with E-state index >= 15 is 0 Å². The van der Waals surface area contributed by atoms with Crippen molar-refractivity contribution in [2.45, 2.75) is 39.7 Å². The van der Waals surface area contributed by atoms with Crippen molar-refractivity contribution < 1.29 is 4.79 Å².